The van der Waals surface area contributed by atoms with Gasteiger partial charge in [0.1, 0.15) is 5.69 Å². The quantitative estimate of drug-likeness (QED) is 0.579. The van der Waals surface area contributed by atoms with E-state index in [-0.39, 0.29) is 25.3 Å². The number of nitrogens with one attached hydrogen (secondary N) is 2. The molecule has 1 aliphatic rings. The molecule has 0 spiro atoms. The van der Waals surface area contributed by atoms with E-state index in [9.17, 15) is 14.4 Å². The van der Waals surface area contributed by atoms with Crippen molar-refractivity contribution in [2.75, 3.05) is 13.2 Å². The standard InChI is InChI=1S/C10H12N4O4/c11-7(15)3-10(4-18-5-10)12-9(17)6-1-2-8(16)14-13-6/h1-2H,3-5H2,(H2,11,15)(H,12,17)(H,14,16). The second-order valence-electron chi connectivity index (χ2n) is 4.18. The van der Waals surface area contributed by atoms with Gasteiger partial charge in [-0.2, -0.15) is 5.10 Å². The lowest BCUT2D eigenvalue weighted by atomic mass is 9.92. The van der Waals surface area contributed by atoms with E-state index < -0.39 is 22.9 Å². The van der Waals surface area contributed by atoms with E-state index in [4.69, 9.17) is 10.5 Å². The van der Waals surface area contributed by atoms with Crippen LogP contribution in [0.15, 0.2) is 16.9 Å². The number of amides is 2. The number of nitrogens with two attached hydrogens (primary N) is 1. The van der Waals surface area contributed by atoms with E-state index in [1.54, 1.807) is 0 Å². The van der Waals surface area contributed by atoms with Crippen molar-refractivity contribution in [3.8, 4) is 0 Å². The van der Waals surface area contributed by atoms with Crippen molar-refractivity contribution < 1.29 is 14.3 Å². The fourth-order valence-corrected chi connectivity index (χ4v) is 1.68. The van der Waals surface area contributed by atoms with Crippen molar-refractivity contribution in [1.29, 1.82) is 0 Å². The van der Waals surface area contributed by atoms with E-state index in [0.29, 0.717) is 0 Å². The number of aromatic amines is 1. The van der Waals surface area contributed by atoms with Crippen molar-refractivity contribution in [3.05, 3.63) is 28.2 Å². The average Bonchev–Trinajstić information content (AvgIpc) is 2.26. The number of hydrogen-bond acceptors (Lipinski definition) is 5. The molecule has 18 heavy (non-hydrogen) atoms. The smallest absolute Gasteiger partial charge is 0.272 e. The van der Waals surface area contributed by atoms with Gasteiger partial charge >= 0.3 is 0 Å². The van der Waals surface area contributed by atoms with Gasteiger partial charge in [0.15, 0.2) is 0 Å². The summed E-state index contributed by atoms with van der Waals surface area (Å²) in [6.45, 7) is 0.454. The van der Waals surface area contributed by atoms with Crippen LogP contribution >= 0.6 is 0 Å². The molecule has 0 atom stereocenters. The molecular formula is C10H12N4O4. The molecule has 1 aromatic heterocycles. The number of nitrogens with zero attached hydrogens (tertiary/aromatic N) is 1. The highest BCUT2D eigenvalue weighted by atomic mass is 16.5. The Morgan fingerprint density at radius 1 is 1.50 bits per heavy atom. The SMILES string of the molecule is NC(=O)CC1(NC(=O)c2ccc(=O)[nH]n2)COC1. The van der Waals surface area contributed by atoms with Gasteiger partial charge in [0.2, 0.25) is 5.91 Å². The fraction of sp³-hybridized carbons (Fsp3) is 0.400. The van der Waals surface area contributed by atoms with Gasteiger partial charge in [-0.15, -0.1) is 0 Å². The minimum absolute atomic E-state index is 0.00208. The van der Waals surface area contributed by atoms with Crippen LogP contribution in [0.1, 0.15) is 16.9 Å². The Labute approximate surface area is 102 Å². The molecule has 4 N–H and O–H groups in total. The Morgan fingerprint density at radius 2 is 2.22 bits per heavy atom. The molecule has 1 fully saturated rings. The zero-order chi connectivity index (χ0) is 13.2. The number of hydrogen-bond donors (Lipinski definition) is 3. The van der Waals surface area contributed by atoms with E-state index in [1.807, 2.05) is 0 Å². The summed E-state index contributed by atoms with van der Waals surface area (Å²) in [4.78, 5) is 33.6. The third-order valence-corrected chi connectivity index (χ3v) is 2.56. The minimum Gasteiger partial charge on any atom is -0.376 e. The summed E-state index contributed by atoms with van der Waals surface area (Å²) in [6.07, 6.45) is 0.00208. The zero-order valence-corrected chi connectivity index (χ0v) is 9.43. The van der Waals surface area contributed by atoms with Gasteiger partial charge in [0, 0.05) is 6.07 Å². The molecule has 0 aromatic carbocycles. The summed E-state index contributed by atoms with van der Waals surface area (Å²) in [6, 6.07) is 2.49. The van der Waals surface area contributed by atoms with Crippen molar-refractivity contribution in [2.45, 2.75) is 12.0 Å². The molecule has 0 unspecified atom stereocenters. The number of primary amides is 1. The maximum Gasteiger partial charge on any atom is 0.272 e. The second-order valence-corrected chi connectivity index (χ2v) is 4.18. The highest BCUT2D eigenvalue weighted by Gasteiger charge is 2.41. The van der Waals surface area contributed by atoms with E-state index in [0.717, 1.165) is 0 Å². The zero-order valence-electron chi connectivity index (χ0n) is 9.43. The van der Waals surface area contributed by atoms with Gasteiger partial charge < -0.3 is 15.8 Å². The number of H-pyrrole nitrogens is 1. The maximum atomic E-state index is 11.8. The molecule has 96 valence electrons. The lowest BCUT2D eigenvalue weighted by Gasteiger charge is -2.41. The lowest BCUT2D eigenvalue weighted by molar-refractivity contribution is -0.127. The van der Waals surface area contributed by atoms with Crippen LogP contribution in [0.4, 0.5) is 0 Å². The number of carbonyl (C=O) groups is 2. The highest BCUT2D eigenvalue weighted by molar-refractivity contribution is 5.93. The van der Waals surface area contributed by atoms with Gasteiger partial charge in [-0.05, 0) is 6.07 Å². The largest absolute Gasteiger partial charge is 0.376 e. The van der Waals surface area contributed by atoms with E-state index in [2.05, 4.69) is 15.5 Å². The fourth-order valence-electron chi connectivity index (χ4n) is 1.68. The van der Waals surface area contributed by atoms with Crippen LogP contribution in [0.25, 0.3) is 0 Å². The lowest BCUT2D eigenvalue weighted by Crippen LogP contribution is -2.63. The molecule has 1 saturated heterocycles. The summed E-state index contributed by atoms with van der Waals surface area (Å²) in [5.74, 6) is -1.01. The minimum atomic E-state index is -0.763. The molecule has 1 aromatic rings. The van der Waals surface area contributed by atoms with Crippen LogP contribution in [-0.4, -0.2) is 40.8 Å². The summed E-state index contributed by atoms with van der Waals surface area (Å²) >= 11 is 0. The molecule has 0 saturated carbocycles. The first kappa shape index (κ1) is 12.2. The van der Waals surface area contributed by atoms with Crippen molar-refractivity contribution >= 4 is 11.8 Å². The number of aromatic nitrogens is 2. The monoisotopic (exact) mass is 252 g/mol. The predicted molar refractivity (Wildman–Crippen MR) is 59.7 cm³/mol. The number of rotatable bonds is 4. The summed E-state index contributed by atoms with van der Waals surface area (Å²) in [5.41, 5.74) is 4.01. The summed E-state index contributed by atoms with van der Waals surface area (Å²) in [5, 5.41) is 8.40. The van der Waals surface area contributed by atoms with Crippen LogP contribution in [0.5, 0.6) is 0 Å². The van der Waals surface area contributed by atoms with Crippen LogP contribution in [0.2, 0.25) is 0 Å². The second kappa shape index (κ2) is 4.57. The molecule has 1 aliphatic heterocycles. The third-order valence-electron chi connectivity index (χ3n) is 2.56. The summed E-state index contributed by atoms with van der Waals surface area (Å²) < 4.78 is 4.99. The molecule has 8 heteroatoms. The first-order valence-electron chi connectivity index (χ1n) is 5.25. The summed E-state index contributed by atoms with van der Waals surface area (Å²) in [7, 11) is 0. The Morgan fingerprint density at radius 3 is 2.67 bits per heavy atom. The first-order chi connectivity index (χ1) is 8.51. The van der Waals surface area contributed by atoms with Crippen molar-refractivity contribution in [1.82, 2.24) is 15.5 Å². The van der Waals surface area contributed by atoms with Crippen molar-refractivity contribution in [3.63, 3.8) is 0 Å². The molecule has 2 heterocycles. The molecule has 0 radical (unpaired) electrons. The van der Waals surface area contributed by atoms with Crippen LogP contribution < -0.4 is 16.6 Å². The predicted octanol–water partition coefficient (Wildman–Crippen LogP) is -1.86. The Bertz CT molecular complexity index is 514. The number of ether oxygens (including phenoxy) is 1. The highest BCUT2D eigenvalue weighted by Crippen LogP contribution is 2.21. The van der Waals surface area contributed by atoms with Crippen LogP contribution in [-0.2, 0) is 9.53 Å². The molecular weight excluding hydrogens is 240 g/mol. The van der Waals surface area contributed by atoms with Gasteiger partial charge in [0.25, 0.3) is 11.5 Å². The molecule has 2 amide bonds. The van der Waals surface area contributed by atoms with Gasteiger partial charge in [-0.25, -0.2) is 5.10 Å². The molecule has 0 bridgehead atoms. The van der Waals surface area contributed by atoms with E-state index >= 15 is 0 Å². The average molecular weight is 252 g/mol. The van der Waals surface area contributed by atoms with Crippen LogP contribution in [0.3, 0.4) is 0 Å². The molecule has 8 nitrogen and oxygen atoms in total. The van der Waals surface area contributed by atoms with Gasteiger partial charge in [-0.3, -0.25) is 14.4 Å². The molecule has 0 aliphatic carbocycles. The van der Waals surface area contributed by atoms with Crippen LogP contribution in [0, 0.1) is 0 Å². The molecule has 2 rings (SSSR count). The van der Waals surface area contributed by atoms with Crippen molar-refractivity contribution in [2.24, 2.45) is 5.73 Å². The Balaban J connectivity index is 2.08. The Hall–Kier alpha value is -2.22. The van der Waals surface area contributed by atoms with Gasteiger partial charge in [-0.1, -0.05) is 0 Å². The normalized spacial score (nSPS) is 16.7. The van der Waals surface area contributed by atoms with E-state index in [1.165, 1.54) is 12.1 Å². The number of carbonyl (C=O) groups excluding carboxylic acids is 2. The van der Waals surface area contributed by atoms with Gasteiger partial charge in [0.05, 0.1) is 25.2 Å². The topological polar surface area (TPSA) is 127 Å². The third kappa shape index (κ3) is 2.54. The maximum absolute atomic E-state index is 11.8. The Kier molecular flexibility index (Phi) is 3.11. The first-order valence-corrected chi connectivity index (χ1v) is 5.25.